The SMILES string of the molecule is N#Cc1cc(COc2c(I)cc(I)cc2I)ccn1. The van der Waals surface area contributed by atoms with Gasteiger partial charge in [0, 0.05) is 9.77 Å². The summed E-state index contributed by atoms with van der Waals surface area (Å²) in [7, 11) is 0. The topological polar surface area (TPSA) is 45.9 Å². The molecule has 6 heteroatoms. The van der Waals surface area contributed by atoms with Gasteiger partial charge in [-0.15, -0.1) is 0 Å². The van der Waals surface area contributed by atoms with Crippen LogP contribution in [-0.2, 0) is 6.61 Å². The average molecular weight is 588 g/mol. The number of hydrogen-bond donors (Lipinski definition) is 0. The zero-order valence-electron chi connectivity index (χ0n) is 9.53. The summed E-state index contributed by atoms with van der Waals surface area (Å²) in [5, 5.41) is 8.81. The van der Waals surface area contributed by atoms with Crippen molar-refractivity contribution < 1.29 is 4.74 Å². The molecule has 19 heavy (non-hydrogen) atoms. The van der Waals surface area contributed by atoms with Crippen molar-refractivity contribution in [3.05, 3.63) is 52.4 Å². The van der Waals surface area contributed by atoms with Crippen molar-refractivity contribution in [1.29, 1.82) is 5.26 Å². The van der Waals surface area contributed by atoms with Gasteiger partial charge in [-0.25, -0.2) is 4.98 Å². The molecule has 2 rings (SSSR count). The molecule has 0 N–H and O–H groups in total. The third-order valence-electron chi connectivity index (χ3n) is 2.29. The zero-order valence-corrected chi connectivity index (χ0v) is 16.0. The van der Waals surface area contributed by atoms with Gasteiger partial charge in [-0.1, -0.05) is 0 Å². The molecule has 1 heterocycles. The summed E-state index contributed by atoms with van der Waals surface area (Å²) in [4.78, 5) is 3.94. The summed E-state index contributed by atoms with van der Waals surface area (Å²) in [6.45, 7) is 0.434. The minimum atomic E-state index is 0.410. The average Bonchev–Trinajstić information content (AvgIpc) is 2.37. The Kier molecular flexibility index (Phi) is 5.64. The first-order valence-corrected chi connectivity index (χ1v) is 8.46. The zero-order chi connectivity index (χ0) is 13.8. The number of nitriles is 1. The molecule has 0 fully saturated rings. The molecular formula is C13H7I3N2O. The van der Waals surface area contributed by atoms with E-state index in [9.17, 15) is 0 Å². The maximum Gasteiger partial charge on any atom is 0.146 e. The van der Waals surface area contributed by atoms with Crippen LogP contribution in [0.3, 0.4) is 0 Å². The minimum Gasteiger partial charge on any atom is -0.487 e. The van der Waals surface area contributed by atoms with Crippen molar-refractivity contribution in [3.8, 4) is 11.8 Å². The second-order valence-electron chi connectivity index (χ2n) is 3.65. The standard InChI is InChI=1S/C13H7I3N2O/c14-9-4-11(15)13(12(16)5-9)19-7-8-1-2-18-10(3-8)6-17/h1-5H,7H2. The molecular weight excluding hydrogens is 581 g/mol. The van der Waals surface area contributed by atoms with E-state index in [0.717, 1.165) is 18.5 Å². The van der Waals surface area contributed by atoms with Gasteiger partial charge in [-0.2, -0.15) is 5.26 Å². The maximum absolute atomic E-state index is 8.81. The van der Waals surface area contributed by atoms with Gasteiger partial charge in [-0.3, -0.25) is 0 Å². The number of halogens is 3. The smallest absolute Gasteiger partial charge is 0.146 e. The Balaban J connectivity index is 2.17. The van der Waals surface area contributed by atoms with Crippen LogP contribution in [0.5, 0.6) is 5.75 Å². The van der Waals surface area contributed by atoms with Crippen LogP contribution in [0.1, 0.15) is 11.3 Å². The summed E-state index contributed by atoms with van der Waals surface area (Å²) < 4.78 is 9.21. The Morgan fingerprint density at radius 1 is 1.16 bits per heavy atom. The molecule has 0 amide bonds. The van der Waals surface area contributed by atoms with E-state index in [-0.39, 0.29) is 0 Å². The number of hydrogen-bond acceptors (Lipinski definition) is 3. The van der Waals surface area contributed by atoms with Gasteiger partial charge in [0.25, 0.3) is 0 Å². The summed E-state index contributed by atoms with van der Waals surface area (Å²) >= 11 is 6.83. The monoisotopic (exact) mass is 588 g/mol. The highest BCUT2D eigenvalue weighted by atomic mass is 127. The van der Waals surface area contributed by atoms with Crippen LogP contribution in [0.4, 0.5) is 0 Å². The number of nitrogens with zero attached hydrogens (tertiary/aromatic N) is 2. The van der Waals surface area contributed by atoms with E-state index < -0.39 is 0 Å². The van der Waals surface area contributed by atoms with Crippen LogP contribution < -0.4 is 4.74 Å². The first-order valence-electron chi connectivity index (χ1n) is 5.22. The number of ether oxygens (including phenoxy) is 1. The van der Waals surface area contributed by atoms with E-state index in [0.29, 0.717) is 12.3 Å². The highest BCUT2D eigenvalue weighted by Gasteiger charge is 2.08. The van der Waals surface area contributed by atoms with Gasteiger partial charge in [0.1, 0.15) is 24.1 Å². The number of benzene rings is 1. The predicted molar refractivity (Wildman–Crippen MR) is 97.9 cm³/mol. The van der Waals surface area contributed by atoms with Gasteiger partial charge in [0.15, 0.2) is 0 Å². The Morgan fingerprint density at radius 2 is 1.84 bits per heavy atom. The molecule has 3 nitrogen and oxygen atoms in total. The second-order valence-corrected chi connectivity index (χ2v) is 7.22. The van der Waals surface area contributed by atoms with Crippen molar-refractivity contribution >= 4 is 67.8 Å². The maximum atomic E-state index is 8.81. The quantitative estimate of drug-likeness (QED) is 0.502. The Hall–Kier alpha value is -0.150. The Labute approximate surface area is 152 Å². The van der Waals surface area contributed by atoms with Gasteiger partial charge >= 0.3 is 0 Å². The van der Waals surface area contributed by atoms with E-state index in [4.69, 9.17) is 10.00 Å². The fraction of sp³-hybridized carbons (Fsp3) is 0.0769. The molecule has 0 saturated carbocycles. The molecule has 0 radical (unpaired) electrons. The summed E-state index contributed by atoms with van der Waals surface area (Å²) in [5.74, 6) is 0.886. The normalized spacial score (nSPS) is 10.0. The van der Waals surface area contributed by atoms with Crippen molar-refractivity contribution in [3.63, 3.8) is 0 Å². The van der Waals surface area contributed by atoms with Crippen LogP contribution in [-0.4, -0.2) is 4.98 Å². The molecule has 0 spiro atoms. The van der Waals surface area contributed by atoms with E-state index in [1.807, 2.05) is 12.1 Å². The van der Waals surface area contributed by atoms with Crippen LogP contribution >= 0.6 is 67.8 Å². The molecule has 2 aromatic rings. The largest absolute Gasteiger partial charge is 0.487 e. The number of pyridine rings is 1. The molecule has 0 saturated heterocycles. The van der Waals surface area contributed by atoms with E-state index in [1.54, 1.807) is 12.3 Å². The first-order chi connectivity index (χ1) is 9.10. The van der Waals surface area contributed by atoms with Gasteiger partial charge in [0.05, 0.1) is 7.14 Å². The first kappa shape index (κ1) is 15.2. The van der Waals surface area contributed by atoms with E-state index >= 15 is 0 Å². The fourth-order valence-electron chi connectivity index (χ4n) is 1.45. The van der Waals surface area contributed by atoms with Crippen LogP contribution in [0, 0.1) is 22.0 Å². The molecule has 0 bridgehead atoms. The van der Waals surface area contributed by atoms with Crippen molar-refractivity contribution in [2.45, 2.75) is 6.61 Å². The second kappa shape index (κ2) is 7.03. The van der Waals surface area contributed by atoms with Gasteiger partial charge < -0.3 is 4.74 Å². The third-order valence-corrected chi connectivity index (χ3v) is 4.51. The summed E-state index contributed by atoms with van der Waals surface area (Å²) in [6.07, 6.45) is 1.63. The Morgan fingerprint density at radius 3 is 2.47 bits per heavy atom. The predicted octanol–water partition coefficient (Wildman–Crippen LogP) is 4.35. The minimum absolute atomic E-state index is 0.410. The molecule has 0 atom stereocenters. The van der Waals surface area contributed by atoms with Crippen LogP contribution in [0.25, 0.3) is 0 Å². The van der Waals surface area contributed by atoms with Gasteiger partial charge in [-0.05, 0) is 97.6 Å². The van der Waals surface area contributed by atoms with E-state index in [2.05, 4.69) is 84.9 Å². The summed E-state index contributed by atoms with van der Waals surface area (Å²) in [5.41, 5.74) is 1.35. The molecule has 0 aliphatic rings. The fourth-order valence-corrected chi connectivity index (χ4v) is 5.34. The number of aromatic nitrogens is 1. The van der Waals surface area contributed by atoms with Crippen molar-refractivity contribution in [1.82, 2.24) is 4.98 Å². The lowest BCUT2D eigenvalue weighted by molar-refractivity contribution is 0.301. The van der Waals surface area contributed by atoms with E-state index in [1.165, 1.54) is 3.57 Å². The lowest BCUT2D eigenvalue weighted by Crippen LogP contribution is -2.00. The molecule has 1 aromatic carbocycles. The van der Waals surface area contributed by atoms with Crippen LogP contribution in [0.2, 0.25) is 0 Å². The van der Waals surface area contributed by atoms with Crippen molar-refractivity contribution in [2.75, 3.05) is 0 Å². The highest BCUT2D eigenvalue weighted by molar-refractivity contribution is 14.1. The lowest BCUT2D eigenvalue weighted by atomic mass is 10.2. The molecule has 0 aliphatic carbocycles. The third kappa shape index (κ3) is 4.16. The van der Waals surface area contributed by atoms with Crippen molar-refractivity contribution in [2.24, 2.45) is 0 Å². The highest BCUT2D eigenvalue weighted by Crippen LogP contribution is 2.30. The number of rotatable bonds is 3. The molecule has 0 aliphatic heterocycles. The molecule has 1 aromatic heterocycles. The van der Waals surface area contributed by atoms with Gasteiger partial charge in [0.2, 0.25) is 0 Å². The Bertz CT molecular complexity index is 630. The lowest BCUT2D eigenvalue weighted by Gasteiger charge is -2.11. The summed E-state index contributed by atoms with van der Waals surface area (Å²) in [6, 6.07) is 9.77. The van der Waals surface area contributed by atoms with Crippen LogP contribution in [0.15, 0.2) is 30.5 Å². The molecule has 0 unspecified atom stereocenters. The molecule has 96 valence electrons.